The molecular formula is C14H22N2O2S. The molecule has 0 bridgehead atoms. The molecule has 1 aromatic carbocycles. The van der Waals surface area contributed by atoms with Crippen LogP contribution in [0.15, 0.2) is 29.2 Å². The van der Waals surface area contributed by atoms with E-state index in [2.05, 4.69) is 10.0 Å². The zero-order valence-corrected chi connectivity index (χ0v) is 12.3. The largest absolute Gasteiger partial charge is 0.313 e. The van der Waals surface area contributed by atoms with Gasteiger partial charge >= 0.3 is 0 Å². The molecule has 0 amide bonds. The molecule has 1 atom stereocenters. The van der Waals surface area contributed by atoms with E-state index < -0.39 is 10.0 Å². The Morgan fingerprint density at radius 3 is 2.42 bits per heavy atom. The van der Waals surface area contributed by atoms with Crippen molar-refractivity contribution in [2.24, 2.45) is 5.92 Å². The van der Waals surface area contributed by atoms with Crippen LogP contribution < -0.4 is 10.0 Å². The first-order valence-electron chi connectivity index (χ1n) is 6.85. The van der Waals surface area contributed by atoms with Gasteiger partial charge in [-0.25, -0.2) is 13.1 Å². The normalized spacial score (nSPS) is 17.4. The highest BCUT2D eigenvalue weighted by Gasteiger charge is 2.31. The number of hydrogen-bond donors (Lipinski definition) is 2. The molecule has 1 aromatic rings. The summed E-state index contributed by atoms with van der Waals surface area (Å²) < 4.78 is 27.1. The predicted octanol–water partition coefficient (Wildman–Crippen LogP) is 1.87. The molecule has 0 radical (unpaired) electrons. The molecule has 1 aliphatic rings. The lowest BCUT2D eigenvalue weighted by Crippen LogP contribution is -2.34. The number of benzene rings is 1. The van der Waals surface area contributed by atoms with Crippen LogP contribution in [0.3, 0.4) is 0 Å². The van der Waals surface area contributed by atoms with Crippen LogP contribution in [0.4, 0.5) is 0 Å². The first-order chi connectivity index (χ1) is 9.03. The topological polar surface area (TPSA) is 58.2 Å². The van der Waals surface area contributed by atoms with E-state index in [1.807, 2.05) is 26.0 Å². The molecule has 1 unspecified atom stereocenters. The fraction of sp³-hybridized carbons (Fsp3) is 0.571. The van der Waals surface area contributed by atoms with Gasteiger partial charge in [-0.15, -0.1) is 0 Å². The maximum atomic E-state index is 12.2. The molecule has 0 heterocycles. The van der Waals surface area contributed by atoms with Crippen LogP contribution >= 0.6 is 0 Å². The first kappa shape index (κ1) is 14.5. The third-order valence-corrected chi connectivity index (χ3v) is 5.06. The van der Waals surface area contributed by atoms with Gasteiger partial charge in [0.05, 0.1) is 4.90 Å². The van der Waals surface area contributed by atoms with Crippen molar-refractivity contribution in [3.05, 3.63) is 29.8 Å². The number of sulfonamides is 1. The zero-order chi connectivity index (χ0) is 13.9. The van der Waals surface area contributed by atoms with Crippen LogP contribution in [-0.4, -0.2) is 21.0 Å². The van der Waals surface area contributed by atoms with Crippen molar-refractivity contribution in [2.45, 2.75) is 44.2 Å². The molecule has 0 spiro atoms. The summed E-state index contributed by atoms with van der Waals surface area (Å²) in [7, 11) is -3.37. The molecule has 19 heavy (non-hydrogen) atoms. The fourth-order valence-electron chi connectivity index (χ4n) is 2.06. The van der Waals surface area contributed by atoms with Gasteiger partial charge in [-0.2, -0.15) is 0 Å². The van der Waals surface area contributed by atoms with E-state index in [0.717, 1.165) is 31.5 Å². The quantitative estimate of drug-likeness (QED) is 0.802. The molecule has 0 saturated heterocycles. The van der Waals surface area contributed by atoms with Gasteiger partial charge < -0.3 is 5.32 Å². The Morgan fingerprint density at radius 2 is 1.89 bits per heavy atom. The van der Waals surface area contributed by atoms with E-state index in [-0.39, 0.29) is 6.04 Å². The third kappa shape index (κ3) is 4.03. The van der Waals surface area contributed by atoms with E-state index >= 15 is 0 Å². The number of nitrogens with one attached hydrogen (secondary N) is 2. The smallest absolute Gasteiger partial charge is 0.240 e. The summed E-state index contributed by atoms with van der Waals surface area (Å²) >= 11 is 0. The lowest BCUT2D eigenvalue weighted by atomic mass is 10.2. The summed E-state index contributed by atoms with van der Waals surface area (Å²) in [5.74, 6) is 0.516. The molecule has 5 heteroatoms. The van der Waals surface area contributed by atoms with Gasteiger partial charge in [0.25, 0.3) is 0 Å². The molecule has 1 fully saturated rings. The Hall–Kier alpha value is -0.910. The van der Waals surface area contributed by atoms with Gasteiger partial charge in [0.1, 0.15) is 0 Å². The Kier molecular flexibility index (Phi) is 4.60. The van der Waals surface area contributed by atoms with Gasteiger partial charge in [-0.05, 0) is 49.9 Å². The van der Waals surface area contributed by atoms with Crippen molar-refractivity contribution < 1.29 is 8.42 Å². The minimum absolute atomic E-state index is 0.0337. The van der Waals surface area contributed by atoms with Crippen LogP contribution in [0.2, 0.25) is 0 Å². The zero-order valence-electron chi connectivity index (χ0n) is 11.5. The lowest BCUT2D eigenvalue weighted by Gasteiger charge is -2.13. The second-order valence-corrected chi connectivity index (χ2v) is 6.89. The molecule has 2 N–H and O–H groups in total. The predicted molar refractivity (Wildman–Crippen MR) is 76.3 cm³/mol. The maximum Gasteiger partial charge on any atom is 0.240 e. The summed E-state index contributed by atoms with van der Waals surface area (Å²) in [6.45, 7) is 5.65. The highest BCUT2D eigenvalue weighted by atomic mass is 32.2. The van der Waals surface area contributed by atoms with Crippen molar-refractivity contribution in [3.8, 4) is 0 Å². The van der Waals surface area contributed by atoms with Crippen LogP contribution in [0, 0.1) is 5.92 Å². The molecule has 106 valence electrons. The lowest BCUT2D eigenvalue weighted by molar-refractivity contribution is 0.538. The molecule has 0 aromatic heterocycles. The highest BCUT2D eigenvalue weighted by Crippen LogP contribution is 2.33. The minimum Gasteiger partial charge on any atom is -0.313 e. The molecule has 0 aliphatic heterocycles. The fourth-order valence-corrected chi connectivity index (χ4v) is 3.37. The monoisotopic (exact) mass is 282 g/mol. The average Bonchev–Trinajstić information content (AvgIpc) is 3.20. The van der Waals surface area contributed by atoms with Gasteiger partial charge in [0, 0.05) is 12.6 Å². The Morgan fingerprint density at radius 1 is 1.26 bits per heavy atom. The van der Waals surface area contributed by atoms with Gasteiger partial charge in [-0.1, -0.05) is 19.1 Å². The van der Waals surface area contributed by atoms with Gasteiger partial charge in [0.2, 0.25) is 10.0 Å². The van der Waals surface area contributed by atoms with Crippen molar-refractivity contribution in [2.75, 3.05) is 6.54 Å². The second-order valence-electron chi connectivity index (χ2n) is 5.17. The van der Waals surface area contributed by atoms with Crippen LogP contribution in [0.5, 0.6) is 0 Å². The van der Waals surface area contributed by atoms with Gasteiger partial charge in [-0.3, -0.25) is 0 Å². The summed E-state index contributed by atoms with van der Waals surface area (Å²) in [4.78, 5) is 0.347. The standard InChI is InChI=1S/C14H22N2O2S/c1-3-15-10-12-4-8-14(9-5-12)19(17,18)16-11(2)13-6-7-13/h4-5,8-9,11,13,15-16H,3,6-7,10H2,1-2H3. The van der Waals surface area contributed by atoms with E-state index in [1.54, 1.807) is 12.1 Å². The van der Waals surface area contributed by atoms with Gasteiger partial charge in [0.15, 0.2) is 0 Å². The Balaban J connectivity index is 2.03. The van der Waals surface area contributed by atoms with E-state index in [9.17, 15) is 8.42 Å². The van der Waals surface area contributed by atoms with Crippen LogP contribution in [-0.2, 0) is 16.6 Å². The number of hydrogen-bond acceptors (Lipinski definition) is 3. The van der Waals surface area contributed by atoms with Crippen LogP contribution in [0.25, 0.3) is 0 Å². The van der Waals surface area contributed by atoms with E-state index in [0.29, 0.717) is 10.8 Å². The summed E-state index contributed by atoms with van der Waals surface area (Å²) in [5, 5.41) is 3.21. The maximum absolute atomic E-state index is 12.2. The molecule has 2 rings (SSSR count). The van der Waals surface area contributed by atoms with E-state index in [1.165, 1.54) is 0 Å². The van der Waals surface area contributed by atoms with Crippen molar-refractivity contribution in [1.82, 2.24) is 10.0 Å². The molecular weight excluding hydrogens is 260 g/mol. The molecule has 4 nitrogen and oxygen atoms in total. The van der Waals surface area contributed by atoms with Crippen molar-refractivity contribution in [3.63, 3.8) is 0 Å². The van der Waals surface area contributed by atoms with E-state index in [4.69, 9.17) is 0 Å². The van der Waals surface area contributed by atoms with Crippen LogP contribution in [0.1, 0.15) is 32.3 Å². The number of rotatable bonds is 7. The first-order valence-corrected chi connectivity index (χ1v) is 8.33. The Labute approximate surface area is 115 Å². The SMILES string of the molecule is CCNCc1ccc(S(=O)(=O)NC(C)C2CC2)cc1. The Bertz CT molecular complexity index is 507. The summed E-state index contributed by atoms with van der Waals surface area (Å²) in [5.41, 5.74) is 1.09. The van der Waals surface area contributed by atoms with Crippen molar-refractivity contribution in [1.29, 1.82) is 0 Å². The third-order valence-electron chi connectivity index (χ3n) is 3.48. The summed E-state index contributed by atoms with van der Waals surface area (Å²) in [6, 6.07) is 7.10. The summed E-state index contributed by atoms with van der Waals surface area (Å²) in [6.07, 6.45) is 2.26. The molecule has 1 aliphatic carbocycles. The van der Waals surface area contributed by atoms with Crippen molar-refractivity contribution >= 4 is 10.0 Å². The average molecular weight is 282 g/mol. The highest BCUT2D eigenvalue weighted by molar-refractivity contribution is 7.89. The second kappa shape index (κ2) is 6.03. The minimum atomic E-state index is -3.37. The molecule has 1 saturated carbocycles.